The summed E-state index contributed by atoms with van der Waals surface area (Å²) in [6, 6.07) is 15.2. The van der Waals surface area contributed by atoms with Crippen molar-refractivity contribution in [3.63, 3.8) is 0 Å². The summed E-state index contributed by atoms with van der Waals surface area (Å²) >= 11 is 0. The molecule has 1 atom stereocenters. The lowest BCUT2D eigenvalue weighted by Crippen LogP contribution is -2.42. The highest BCUT2D eigenvalue weighted by Gasteiger charge is 2.34. The van der Waals surface area contributed by atoms with Gasteiger partial charge in [0.15, 0.2) is 0 Å². The Balaban J connectivity index is 1.62. The molecule has 1 unspecified atom stereocenters. The van der Waals surface area contributed by atoms with E-state index in [4.69, 9.17) is 4.74 Å². The predicted molar refractivity (Wildman–Crippen MR) is 127 cm³/mol. The van der Waals surface area contributed by atoms with Crippen LogP contribution in [0.5, 0.6) is 11.5 Å². The van der Waals surface area contributed by atoms with Crippen molar-refractivity contribution in [2.45, 2.75) is 44.6 Å². The molecule has 0 bridgehead atoms. The van der Waals surface area contributed by atoms with Crippen LogP contribution in [-0.4, -0.2) is 42.8 Å². The van der Waals surface area contributed by atoms with E-state index in [9.17, 15) is 18.2 Å². The summed E-state index contributed by atoms with van der Waals surface area (Å²) < 4.78 is 40.1. The SMILES string of the molecule is N#Cc1ccc2c(c1)C1=C(CC(CS(=O)(=O)O)N(CC3CCCC3)CC1)c1ccccc1O2. The molecule has 0 radical (unpaired) electrons. The predicted octanol–water partition coefficient (Wildman–Crippen LogP) is 5.12. The Morgan fingerprint density at radius 3 is 2.58 bits per heavy atom. The molecule has 0 spiro atoms. The molecule has 2 heterocycles. The third kappa shape index (κ3) is 4.70. The molecule has 1 saturated carbocycles. The van der Waals surface area contributed by atoms with Crippen molar-refractivity contribution in [2.75, 3.05) is 18.8 Å². The highest BCUT2D eigenvalue weighted by Crippen LogP contribution is 2.47. The number of hydrogen-bond donors (Lipinski definition) is 1. The number of para-hydroxylation sites is 1. The number of fused-ring (bicyclic) bond motifs is 4. The van der Waals surface area contributed by atoms with Crippen LogP contribution in [0.1, 0.15) is 55.2 Å². The van der Waals surface area contributed by atoms with Gasteiger partial charge in [-0.25, -0.2) is 0 Å². The van der Waals surface area contributed by atoms with Crippen molar-refractivity contribution in [1.82, 2.24) is 4.90 Å². The van der Waals surface area contributed by atoms with Gasteiger partial charge in [-0.05, 0) is 67.0 Å². The zero-order valence-electron chi connectivity index (χ0n) is 18.5. The van der Waals surface area contributed by atoms with Crippen LogP contribution < -0.4 is 4.74 Å². The van der Waals surface area contributed by atoms with E-state index in [1.54, 1.807) is 6.07 Å². The van der Waals surface area contributed by atoms with Gasteiger partial charge in [0.25, 0.3) is 10.1 Å². The second-order valence-electron chi connectivity index (χ2n) is 9.38. The molecule has 7 heteroatoms. The molecule has 1 N–H and O–H groups in total. The summed E-state index contributed by atoms with van der Waals surface area (Å²) in [6.45, 7) is 1.55. The fourth-order valence-electron chi connectivity index (χ4n) is 5.67. The number of nitrogens with zero attached hydrogens (tertiary/aromatic N) is 2. The number of nitriles is 1. The first-order chi connectivity index (χ1) is 15.9. The summed E-state index contributed by atoms with van der Waals surface area (Å²) in [7, 11) is -4.14. The van der Waals surface area contributed by atoms with E-state index in [2.05, 4.69) is 11.0 Å². The molecule has 6 nitrogen and oxygen atoms in total. The van der Waals surface area contributed by atoms with Crippen molar-refractivity contribution in [3.8, 4) is 17.6 Å². The minimum Gasteiger partial charge on any atom is -0.456 e. The quantitative estimate of drug-likeness (QED) is 0.632. The van der Waals surface area contributed by atoms with Gasteiger partial charge in [0.05, 0.1) is 17.4 Å². The molecular weight excluding hydrogens is 436 g/mol. The average Bonchev–Trinajstić information content (AvgIpc) is 3.19. The van der Waals surface area contributed by atoms with Crippen molar-refractivity contribution >= 4 is 21.3 Å². The van der Waals surface area contributed by atoms with E-state index in [-0.39, 0.29) is 11.8 Å². The minimum absolute atomic E-state index is 0.287. The molecule has 0 saturated heterocycles. The van der Waals surface area contributed by atoms with Crippen LogP contribution in [-0.2, 0) is 10.1 Å². The van der Waals surface area contributed by atoms with Crippen LogP contribution in [0.15, 0.2) is 42.5 Å². The maximum Gasteiger partial charge on any atom is 0.266 e. The molecule has 0 amide bonds. The topological polar surface area (TPSA) is 90.6 Å². The van der Waals surface area contributed by atoms with Gasteiger partial charge < -0.3 is 4.74 Å². The molecule has 0 aromatic heterocycles. The first kappa shape index (κ1) is 22.1. The van der Waals surface area contributed by atoms with Crippen LogP contribution in [0.2, 0.25) is 0 Å². The summed E-state index contributed by atoms with van der Waals surface area (Å²) in [4.78, 5) is 2.27. The Kier molecular flexibility index (Phi) is 6.00. The lowest BCUT2D eigenvalue weighted by molar-refractivity contribution is 0.186. The Bertz CT molecular complexity index is 1240. The van der Waals surface area contributed by atoms with E-state index in [0.29, 0.717) is 30.2 Å². The lowest BCUT2D eigenvalue weighted by Gasteiger charge is -2.32. The van der Waals surface area contributed by atoms with E-state index in [1.165, 1.54) is 25.7 Å². The highest BCUT2D eigenvalue weighted by molar-refractivity contribution is 7.85. The van der Waals surface area contributed by atoms with Gasteiger partial charge in [-0.3, -0.25) is 9.45 Å². The maximum atomic E-state index is 12.0. The second-order valence-corrected chi connectivity index (χ2v) is 10.9. The van der Waals surface area contributed by atoms with Crippen molar-refractivity contribution < 1.29 is 17.7 Å². The zero-order chi connectivity index (χ0) is 23.0. The van der Waals surface area contributed by atoms with Crippen LogP contribution in [0, 0.1) is 17.2 Å². The Labute approximate surface area is 195 Å². The second kappa shape index (κ2) is 8.94. The lowest BCUT2D eigenvalue weighted by atomic mass is 9.89. The number of benzene rings is 2. The molecule has 1 fully saturated rings. The van der Waals surface area contributed by atoms with Crippen molar-refractivity contribution in [3.05, 3.63) is 59.2 Å². The van der Waals surface area contributed by atoms with Crippen LogP contribution in [0.25, 0.3) is 11.1 Å². The Morgan fingerprint density at radius 1 is 1.06 bits per heavy atom. The standard InChI is InChI=1S/C26H28N2O4S/c27-15-19-9-10-26-24(13-19)21-11-12-28(16-18-5-1-2-6-18)20(17-33(29,30)31)14-23(21)22-7-3-4-8-25(22)32-26/h3-4,7-10,13,18,20H,1-2,5-6,11-12,14,16-17H2,(H,29,30,31). The van der Waals surface area contributed by atoms with E-state index < -0.39 is 10.1 Å². The zero-order valence-corrected chi connectivity index (χ0v) is 19.4. The van der Waals surface area contributed by atoms with E-state index in [1.807, 2.05) is 36.4 Å². The molecule has 3 aliphatic rings. The Morgan fingerprint density at radius 2 is 1.82 bits per heavy atom. The van der Waals surface area contributed by atoms with Crippen LogP contribution in [0.3, 0.4) is 0 Å². The average molecular weight is 465 g/mol. The van der Waals surface area contributed by atoms with Gasteiger partial charge in [-0.15, -0.1) is 0 Å². The first-order valence-electron chi connectivity index (χ1n) is 11.6. The van der Waals surface area contributed by atoms with Gasteiger partial charge in [-0.1, -0.05) is 31.0 Å². The third-order valence-electron chi connectivity index (χ3n) is 7.21. The van der Waals surface area contributed by atoms with Gasteiger partial charge >= 0.3 is 0 Å². The normalized spacial score (nSPS) is 21.3. The fourth-order valence-corrected chi connectivity index (χ4v) is 6.48. The molecular formula is C26H28N2O4S. The molecule has 2 aromatic rings. The van der Waals surface area contributed by atoms with Crippen LogP contribution >= 0.6 is 0 Å². The molecule has 2 aromatic carbocycles. The van der Waals surface area contributed by atoms with E-state index >= 15 is 0 Å². The molecule has 172 valence electrons. The summed E-state index contributed by atoms with van der Waals surface area (Å²) in [5.74, 6) is 1.72. The number of rotatable bonds is 4. The van der Waals surface area contributed by atoms with Gasteiger partial charge in [-0.2, -0.15) is 13.7 Å². The Hall–Kier alpha value is -2.66. The fraction of sp³-hybridized carbons (Fsp3) is 0.423. The number of hydrogen-bond acceptors (Lipinski definition) is 5. The summed E-state index contributed by atoms with van der Waals surface area (Å²) in [6.07, 6.45) is 6.03. The molecule has 1 aliphatic carbocycles. The summed E-state index contributed by atoms with van der Waals surface area (Å²) in [5, 5.41) is 9.50. The van der Waals surface area contributed by atoms with Crippen molar-refractivity contribution in [1.29, 1.82) is 5.26 Å². The molecule has 5 rings (SSSR count). The minimum atomic E-state index is -4.14. The van der Waals surface area contributed by atoms with Gasteiger partial charge in [0.2, 0.25) is 0 Å². The largest absolute Gasteiger partial charge is 0.456 e. The van der Waals surface area contributed by atoms with Crippen LogP contribution in [0.4, 0.5) is 0 Å². The molecule has 33 heavy (non-hydrogen) atoms. The van der Waals surface area contributed by atoms with Gasteiger partial charge in [0, 0.05) is 30.3 Å². The highest BCUT2D eigenvalue weighted by atomic mass is 32.2. The maximum absolute atomic E-state index is 12.0. The summed E-state index contributed by atoms with van der Waals surface area (Å²) in [5.41, 5.74) is 4.55. The van der Waals surface area contributed by atoms with E-state index in [0.717, 1.165) is 41.0 Å². The monoisotopic (exact) mass is 464 g/mol. The molecule has 2 aliphatic heterocycles. The number of ether oxygens (including phenoxy) is 1. The first-order valence-corrected chi connectivity index (χ1v) is 13.2. The smallest absolute Gasteiger partial charge is 0.266 e. The van der Waals surface area contributed by atoms with Gasteiger partial charge in [0.1, 0.15) is 11.5 Å². The van der Waals surface area contributed by atoms with Crippen molar-refractivity contribution in [2.24, 2.45) is 5.92 Å². The third-order valence-corrected chi connectivity index (χ3v) is 8.01.